The molecule has 1 heterocycles. The Labute approximate surface area is 116 Å². The molecule has 0 aliphatic carbocycles. The third-order valence-electron chi connectivity index (χ3n) is 3.21. The minimum absolute atomic E-state index is 0. The van der Waals surface area contributed by atoms with Crippen LogP contribution in [0.5, 0.6) is 0 Å². The van der Waals surface area contributed by atoms with Crippen LogP contribution < -0.4 is 5.32 Å². The first kappa shape index (κ1) is 17.7. The number of carbonyl (C=O) groups excluding carboxylic acids is 1. The molecule has 1 rings (SSSR count). The molecule has 0 aromatic carbocycles. The SMILES string of the molecule is CNCCCC(=O)N1CCS(=O)(=O)C(C)(C)C1.Cl. The van der Waals surface area contributed by atoms with Gasteiger partial charge in [0.2, 0.25) is 5.91 Å². The fourth-order valence-electron chi connectivity index (χ4n) is 1.93. The molecule has 1 aliphatic rings. The molecule has 108 valence electrons. The number of nitrogens with one attached hydrogen (secondary N) is 1. The van der Waals surface area contributed by atoms with E-state index in [1.165, 1.54) is 0 Å². The van der Waals surface area contributed by atoms with Crippen LogP contribution in [0.2, 0.25) is 0 Å². The van der Waals surface area contributed by atoms with Gasteiger partial charge in [0, 0.05) is 19.5 Å². The van der Waals surface area contributed by atoms with Gasteiger partial charge in [0.25, 0.3) is 0 Å². The Bertz CT molecular complexity index is 382. The van der Waals surface area contributed by atoms with Crippen molar-refractivity contribution in [2.24, 2.45) is 0 Å². The van der Waals surface area contributed by atoms with Gasteiger partial charge in [-0.2, -0.15) is 0 Å². The zero-order chi connectivity index (χ0) is 13.1. The topological polar surface area (TPSA) is 66.5 Å². The summed E-state index contributed by atoms with van der Waals surface area (Å²) >= 11 is 0. The molecule has 5 nitrogen and oxygen atoms in total. The lowest BCUT2D eigenvalue weighted by atomic mass is 10.1. The number of sulfone groups is 1. The number of rotatable bonds is 4. The second kappa shape index (κ2) is 6.73. The summed E-state index contributed by atoms with van der Waals surface area (Å²) in [4.78, 5) is 13.6. The van der Waals surface area contributed by atoms with Gasteiger partial charge in [-0.15, -0.1) is 12.4 Å². The van der Waals surface area contributed by atoms with Crippen molar-refractivity contribution in [2.75, 3.05) is 32.4 Å². The molecular formula is C11H23ClN2O3S. The Kier molecular flexibility index (Phi) is 6.60. The summed E-state index contributed by atoms with van der Waals surface area (Å²) in [6, 6.07) is 0. The largest absolute Gasteiger partial charge is 0.340 e. The molecule has 1 amide bonds. The van der Waals surface area contributed by atoms with E-state index in [1.54, 1.807) is 18.7 Å². The molecule has 1 N–H and O–H groups in total. The predicted octanol–water partition coefficient (Wildman–Crippen LogP) is 0.443. The third-order valence-corrected chi connectivity index (χ3v) is 5.75. The maximum absolute atomic E-state index is 11.9. The van der Waals surface area contributed by atoms with Gasteiger partial charge in [0.1, 0.15) is 0 Å². The molecule has 0 bridgehead atoms. The normalized spacial score (nSPS) is 21.2. The predicted molar refractivity (Wildman–Crippen MR) is 74.9 cm³/mol. The van der Waals surface area contributed by atoms with Gasteiger partial charge in [0.15, 0.2) is 9.84 Å². The zero-order valence-corrected chi connectivity index (χ0v) is 12.9. The molecule has 1 fully saturated rings. The summed E-state index contributed by atoms with van der Waals surface area (Å²) < 4.78 is 22.8. The van der Waals surface area contributed by atoms with E-state index in [2.05, 4.69) is 5.32 Å². The van der Waals surface area contributed by atoms with Gasteiger partial charge in [-0.1, -0.05) is 0 Å². The lowest BCUT2D eigenvalue weighted by Gasteiger charge is -2.37. The first-order chi connectivity index (χ1) is 7.80. The van der Waals surface area contributed by atoms with Gasteiger partial charge in [-0.05, 0) is 33.9 Å². The molecule has 0 aromatic rings. The average Bonchev–Trinajstić information content (AvgIpc) is 2.22. The lowest BCUT2D eigenvalue weighted by molar-refractivity contribution is -0.131. The minimum Gasteiger partial charge on any atom is -0.340 e. The second-order valence-electron chi connectivity index (χ2n) is 5.10. The highest BCUT2D eigenvalue weighted by atomic mass is 35.5. The Morgan fingerprint density at radius 2 is 2.00 bits per heavy atom. The van der Waals surface area contributed by atoms with Crippen LogP contribution in [0.4, 0.5) is 0 Å². The van der Waals surface area contributed by atoms with Crippen LogP contribution in [0.15, 0.2) is 0 Å². The Morgan fingerprint density at radius 1 is 1.39 bits per heavy atom. The summed E-state index contributed by atoms with van der Waals surface area (Å²) in [5.74, 6) is 0.140. The van der Waals surface area contributed by atoms with Crippen LogP contribution >= 0.6 is 12.4 Å². The van der Waals surface area contributed by atoms with E-state index in [-0.39, 0.29) is 24.1 Å². The quantitative estimate of drug-likeness (QED) is 0.765. The molecule has 0 spiro atoms. The summed E-state index contributed by atoms with van der Waals surface area (Å²) in [7, 11) is -1.21. The Morgan fingerprint density at radius 3 is 2.50 bits per heavy atom. The van der Waals surface area contributed by atoms with Gasteiger partial charge in [0.05, 0.1) is 10.5 Å². The van der Waals surface area contributed by atoms with Crippen molar-refractivity contribution in [1.29, 1.82) is 0 Å². The van der Waals surface area contributed by atoms with Crippen LogP contribution in [0.25, 0.3) is 0 Å². The fourth-order valence-corrected chi connectivity index (χ4v) is 3.30. The van der Waals surface area contributed by atoms with E-state index in [1.807, 2.05) is 7.05 Å². The summed E-state index contributed by atoms with van der Waals surface area (Å²) in [5, 5.41) is 2.99. The summed E-state index contributed by atoms with van der Waals surface area (Å²) in [6.07, 6.45) is 1.27. The number of amides is 1. The lowest BCUT2D eigenvalue weighted by Crippen LogP contribution is -2.54. The monoisotopic (exact) mass is 298 g/mol. The van der Waals surface area contributed by atoms with Crippen molar-refractivity contribution in [2.45, 2.75) is 31.4 Å². The van der Waals surface area contributed by atoms with Crippen molar-refractivity contribution >= 4 is 28.2 Å². The Hall–Kier alpha value is -0.330. The van der Waals surface area contributed by atoms with E-state index >= 15 is 0 Å². The van der Waals surface area contributed by atoms with Crippen LogP contribution in [-0.2, 0) is 14.6 Å². The number of hydrogen-bond donors (Lipinski definition) is 1. The van der Waals surface area contributed by atoms with E-state index in [0.29, 0.717) is 19.5 Å². The minimum atomic E-state index is -3.06. The van der Waals surface area contributed by atoms with Crippen LogP contribution in [-0.4, -0.2) is 56.4 Å². The van der Waals surface area contributed by atoms with Crippen LogP contribution in [0.1, 0.15) is 26.7 Å². The maximum Gasteiger partial charge on any atom is 0.222 e. The second-order valence-corrected chi connectivity index (χ2v) is 7.84. The van der Waals surface area contributed by atoms with E-state index in [4.69, 9.17) is 0 Å². The van der Waals surface area contributed by atoms with Gasteiger partial charge in [-0.25, -0.2) is 8.42 Å². The molecule has 18 heavy (non-hydrogen) atoms. The first-order valence-corrected chi connectivity index (χ1v) is 7.60. The molecule has 0 aromatic heterocycles. The average molecular weight is 299 g/mol. The summed E-state index contributed by atoms with van der Waals surface area (Å²) in [6.45, 7) is 4.84. The van der Waals surface area contributed by atoms with E-state index in [0.717, 1.165) is 13.0 Å². The highest BCUT2D eigenvalue weighted by molar-refractivity contribution is 7.92. The number of hydrogen-bond acceptors (Lipinski definition) is 4. The first-order valence-electron chi connectivity index (χ1n) is 5.95. The van der Waals surface area contributed by atoms with Crippen LogP contribution in [0, 0.1) is 0 Å². The van der Waals surface area contributed by atoms with Gasteiger partial charge >= 0.3 is 0 Å². The molecule has 1 aliphatic heterocycles. The molecule has 0 unspecified atom stereocenters. The zero-order valence-electron chi connectivity index (χ0n) is 11.2. The summed E-state index contributed by atoms with van der Waals surface area (Å²) in [5.41, 5.74) is 0. The molecule has 0 saturated carbocycles. The number of nitrogens with zero attached hydrogens (tertiary/aromatic N) is 1. The van der Waals surface area contributed by atoms with Crippen molar-refractivity contribution in [3.63, 3.8) is 0 Å². The molecular weight excluding hydrogens is 276 g/mol. The maximum atomic E-state index is 11.9. The molecule has 7 heteroatoms. The highest BCUT2D eigenvalue weighted by Gasteiger charge is 2.41. The van der Waals surface area contributed by atoms with Gasteiger partial charge < -0.3 is 10.2 Å². The van der Waals surface area contributed by atoms with E-state index < -0.39 is 14.6 Å². The molecule has 0 atom stereocenters. The number of halogens is 1. The Balaban J connectivity index is 0.00000289. The van der Waals surface area contributed by atoms with E-state index in [9.17, 15) is 13.2 Å². The van der Waals surface area contributed by atoms with Crippen molar-refractivity contribution in [3.05, 3.63) is 0 Å². The number of carbonyl (C=O) groups is 1. The van der Waals surface area contributed by atoms with Gasteiger partial charge in [-0.3, -0.25) is 4.79 Å². The third kappa shape index (κ3) is 4.10. The van der Waals surface area contributed by atoms with Crippen molar-refractivity contribution < 1.29 is 13.2 Å². The fraction of sp³-hybridized carbons (Fsp3) is 0.909. The molecule has 1 saturated heterocycles. The molecule has 0 radical (unpaired) electrons. The highest BCUT2D eigenvalue weighted by Crippen LogP contribution is 2.24. The van der Waals surface area contributed by atoms with Crippen LogP contribution in [0.3, 0.4) is 0 Å². The standard InChI is InChI=1S/C11H22N2O3S.ClH/c1-11(2)9-13(7-8-17(11,15)16)10(14)5-4-6-12-3;/h12H,4-9H2,1-3H3;1H. The van der Waals surface area contributed by atoms with Crippen molar-refractivity contribution in [3.8, 4) is 0 Å². The smallest absolute Gasteiger partial charge is 0.222 e. The van der Waals surface area contributed by atoms with Crippen molar-refractivity contribution in [1.82, 2.24) is 10.2 Å².